The highest BCUT2D eigenvalue weighted by atomic mass is 32.2. The maximum atomic E-state index is 11.4. The summed E-state index contributed by atoms with van der Waals surface area (Å²) < 4.78 is 27.9. The van der Waals surface area contributed by atoms with Gasteiger partial charge < -0.3 is 9.84 Å². The molecule has 0 unspecified atom stereocenters. The average molecular weight is 254 g/mol. The fourth-order valence-electron chi connectivity index (χ4n) is 1.51. The van der Waals surface area contributed by atoms with Crippen molar-refractivity contribution < 1.29 is 23.1 Å². The molecule has 0 atom stereocenters. The van der Waals surface area contributed by atoms with Crippen molar-refractivity contribution in [1.82, 2.24) is 0 Å². The molecule has 2 rings (SSSR count). The summed E-state index contributed by atoms with van der Waals surface area (Å²) in [5.74, 6) is -0.581. The molecular formula is C11H10O5S. The average Bonchev–Trinajstić information content (AvgIpc) is 2.26. The van der Waals surface area contributed by atoms with E-state index < -0.39 is 15.8 Å². The molecule has 0 bridgehead atoms. The Morgan fingerprint density at radius 2 is 2.12 bits per heavy atom. The normalized spacial score (nSPS) is 14.5. The number of carbonyl (C=O) groups is 1. The molecule has 17 heavy (non-hydrogen) atoms. The van der Waals surface area contributed by atoms with Crippen molar-refractivity contribution in [3.8, 4) is 5.75 Å². The van der Waals surface area contributed by atoms with Crippen molar-refractivity contribution in [3.05, 3.63) is 29.3 Å². The topological polar surface area (TPSA) is 80.7 Å². The number of carboxylic acid groups (broad SMARTS) is 1. The number of ether oxygens (including phenoxy) is 1. The van der Waals surface area contributed by atoms with E-state index in [9.17, 15) is 13.2 Å². The van der Waals surface area contributed by atoms with Crippen molar-refractivity contribution in [2.45, 2.75) is 4.90 Å². The van der Waals surface area contributed by atoms with Gasteiger partial charge in [-0.2, -0.15) is 0 Å². The molecule has 1 aliphatic heterocycles. The number of hydrogen-bond acceptors (Lipinski definition) is 4. The largest absolute Gasteiger partial charge is 0.488 e. The fourth-order valence-corrected chi connectivity index (χ4v) is 2.17. The number of aliphatic carboxylic acids is 1. The lowest BCUT2D eigenvalue weighted by Crippen LogP contribution is -2.14. The van der Waals surface area contributed by atoms with E-state index in [-0.39, 0.29) is 17.1 Å². The van der Waals surface area contributed by atoms with Crippen molar-refractivity contribution in [3.63, 3.8) is 0 Å². The molecular weight excluding hydrogens is 244 g/mol. The lowest BCUT2D eigenvalue weighted by Gasteiger charge is -2.16. The van der Waals surface area contributed by atoms with Gasteiger partial charge in [0.1, 0.15) is 12.4 Å². The molecule has 0 aromatic heterocycles. The first-order chi connectivity index (χ1) is 7.88. The van der Waals surface area contributed by atoms with E-state index in [2.05, 4.69) is 0 Å². The minimum absolute atomic E-state index is 0.0133. The van der Waals surface area contributed by atoms with Crippen LogP contribution in [0.15, 0.2) is 28.7 Å². The molecule has 0 radical (unpaired) electrons. The summed E-state index contributed by atoms with van der Waals surface area (Å²) in [7, 11) is -3.31. The second kappa shape index (κ2) is 3.89. The van der Waals surface area contributed by atoms with E-state index in [4.69, 9.17) is 9.84 Å². The van der Waals surface area contributed by atoms with Crippen LogP contribution in [0.2, 0.25) is 0 Å². The monoisotopic (exact) mass is 254 g/mol. The molecule has 6 heteroatoms. The molecule has 1 heterocycles. The smallest absolute Gasteiger partial charge is 0.335 e. The summed E-state index contributed by atoms with van der Waals surface area (Å²) in [5.41, 5.74) is 0.569. The molecule has 1 aromatic carbocycles. The van der Waals surface area contributed by atoms with Gasteiger partial charge in [-0.05, 0) is 24.3 Å². The highest BCUT2D eigenvalue weighted by molar-refractivity contribution is 7.90. The highest BCUT2D eigenvalue weighted by Crippen LogP contribution is 2.28. The van der Waals surface area contributed by atoms with Gasteiger partial charge in [-0.15, -0.1) is 0 Å². The summed E-state index contributed by atoms with van der Waals surface area (Å²) in [6, 6.07) is 4.38. The quantitative estimate of drug-likeness (QED) is 0.849. The molecule has 90 valence electrons. The van der Waals surface area contributed by atoms with Crippen LogP contribution in [0, 0.1) is 0 Å². The van der Waals surface area contributed by atoms with E-state index in [1.54, 1.807) is 0 Å². The number of fused-ring (bicyclic) bond motifs is 1. The zero-order valence-electron chi connectivity index (χ0n) is 9.00. The maximum absolute atomic E-state index is 11.4. The standard InChI is InChI=1S/C11H10O5S/c1-17(14,15)9-2-3-10-7(5-9)4-8(6-16-10)11(12)13/h2-5H,6H2,1H3,(H,12,13). The molecule has 0 fully saturated rings. The molecule has 0 aliphatic carbocycles. The minimum atomic E-state index is -3.31. The van der Waals surface area contributed by atoms with E-state index >= 15 is 0 Å². The maximum Gasteiger partial charge on any atom is 0.335 e. The van der Waals surface area contributed by atoms with Gasteiger partial charge in [0.05, 0.1) is 10.5 Å². The minimum Gasteiger partial charge on any atom is -0.488 e. The van der Waals surface area contributed by atoms with Crippen LogP contribution < -0.4 is 4.74 Å². The van der Waals surface area contributed by atoms with Crippen LogP contribution in [0.4, 0.5) is 0 Å². The fraction of sp³-hybridized carbons (Fsp3) is 0.182. The third-order valence-electron chi connectivity index (χ3n) is 2.40. The Morgan fingerprint density at radius 1 is 1.41 bits per heavy atom. The van der Waals surface area contributed by atoms with Crippen molar-refractivity contribution >= 4 is 21.9 Å². The molecule has 0 spiro atoms. The number of carboxylic acids is 1. The zero-order valence-corrected chi connectivity index (χ0v) is 9.82. The van der Waals surface area contributed by atoms with E-state index in [1.807, 2.05) is 0 Å². The van der Waals surface area contributed by atoms with Gasteiger partial charge >= 0.3 is 5.97 Å². The van der Waals surface area contributed by atoms with Gasteiger partial charge in [-0.3, -0.25) is 0 Å². The molecule has 0 amide bonds. The molecule has 1 aromatic rings. The van der Waals surface area contributed by atoms with Gasteiger partial charge in [0.25, 0.3) is 0 Å². The summed E-state index contributed by atoms with van der Waals surface area (Å²) in [6.45, 7) is -0.0133. The Labute approximate surface area is 98.3 Å². The Morgan fingerprint density at radius 3 is 2.71 bits per heavy atom. The van der Waals surface area contributed by atoms with Crippen molar-refractivity contribution in [1.29, 1.82) is 0 Å². The van der Waals surface area contributed by atoms with E-state index in [1.165, 1.54) is 24.3 Å². The first-order valence-electron chi connectivity index (χ1n) is 4.79. The third kappa shape index (κ3) is 2.31. The predicted molar refractivity (Wildman–Crippen MR) is 60.7 cm³/mol. The van der Waals surface area contributed by atoms with Gasteiger partial charge in [0, 0.05) is 11.8 Å². The van der Waals surface area contributed by atoms with Crippen molar-refractivity contribution in [2.24, 2.45) is 0 Å². The first kappa shape index (κ1) is 11.7. The lowest BCUT2D eigenvalue weighted by molar-refractivity contribution is -0.132. The molecule has 1 aliphatic rings. The Kier molecular flexibility index (Phi) is 2.66. The molecule has 0 saturated carbocycles. The van der Waals surface area contributed by atoms with Crippen LogP contribution in [0.5, 0.6) is 5.75 Å². The second-order valence-electron chi connectivity index (χ2n) is 3.74. The second-order valence-corrected chi connectivity index (χ2v) is 5.75. The van der Waals surface area contributed by atoms with Gasteiger partial charge in [0.15, 0.2) is 9.84 Å². The van der Waals surface area contributed by atoms with Crippen LogP contribution in [0.25, 0.3) is 6.08 Å². The first-order valence-corrected chi connectivity index (χ1v) is 6.68. The Balaban J connectivity index is 2.54. The highest BCUT2D eigenvalue weighted by Gasteiger charge is 2.18. The summed E-state index contributed by atoms with van der Waals surface area (Å²) in [4.78, 5) is 10.9. The number of benzene rings is 1. The number of sulfone groups is 1. The Hall–Kier alpha value is -1.82. The lowest BCUT2D eigenvalue weighted by atomic mass is 10.1. The third-order valence-corrected chi connectivity index (χ3v) is 3.51. The SMILES string of the molecule is CS(=O)(=O)c1ccc2c(c1)C=C(C(=O)O)CO2. The number of hydrogen-bond donors (Lipinski definition) is 1. The predicted octanol–water partition coefficient (Wildman–Crippen LogP) is 0.951. The summed E-state index contributed by atoms with van der Waals surface area (Å²) >= 11 is 0. The van der Waals surface area contributed by atoms with Gasteiger partial charge in [-0.1, -0.05) is 0 Å². The number of rotatable bonds is 2. The van der Waals surface area contributed by atoms with Crippen molar-refractivity contribution in [2.75, 3.05) is 12.9 Å². The summed E-state index contributed by atoms with van der Waals surface area (Å²) in [6.07, 6.45) is 2.52. The summed E-state index contributed by atoms with van der Waals surface area (Å²) in [5, 5.41) is 8.83. The van der Waals surface area contributed by atoms with Crippen LogP contribution >= 0.6 is 0 Å². The van der Waals surface area contributed by atoms with Crippen LogP contribution in [0.3, 0.4) is 0 Å². The Bertz CT molecular complexity index is 613. The van der Waals surface area contributed by atoms with Crippen LogP contribution in [-0.2, 0) is 14.6 Å². The van der Waals surface area contributed by atoms with E-state index in [0.29, 0.717) is 11.3 Å². The van der Waals surface area contributed by atoms with Gasteiger partial charge in [0.2, 0.25) is 0 Å². The van der Waals surface area contributed by atoms with E-state index in [0.717, 1.165) is 6.26 Å². The molecule has 1 N–H and O–H groups in total. The van der Waals surface area contributed by atoms with Crippen LogP contribution in [0.1, 0.15) is 5.56 Å². The zero-order chi connectivity index (χ0) is 12.6. The van der Waals surface area contributed by atoms with Crippen LogP contribution in [-0.4, -0.2) is 32.4 Å². The molecule has 0 saturated heterocycles. The van der Waals surface area contributed by atoms with Gasteiger partial charge in [-0.25, -0.2) is 13.2 Å². The molecule has 5 nitrogen and oxygen atoms in total.